The van der Waals surface area contributed by atoms with Gasteiger partial charge in [-0.25, -0.2) is 4.68 Å². The van der Waals surface area contributed by atoms with E-state index in [4.69, 9.17) is 0 Å². The summed E-state index contributed by atoms with van der Waals surface area (Å²) in [5.74, 6) is -0.0714. The minimum atomic E-state index is -0.488. The molecule has 0 fully saturated rings. The van der Waals surface area contributed by atoms with Gasteiger partial charge in [0.05, 0.1) is 11.7 Å². The number of carbonyl (C=O) groups excluding carboxylic acids is 1. The minimum absolute atomic E-state index is 0.0714. The maximum Gasteiger partial charge on any atom is 0.291 e. The van der Waals surface area contributed by atoms with Crippen LogP contribution in [0.2, 0.25) is 0 Å². The van der Waals surface area contributed by atoms with Crippen LogP contribution >= 0.6 is 0 Å². The quantitative estimate of drug-likeness (QED) is 0.692. The zero-order chi connectivity index (χ0) is 19.7. The van der Waals surface area contributed by atoms with Crippen molar-refractivity contribution < 1.29 is 4.79 Å². The van der Waals surface area contributed by atoms with Crippen molar-refractivity contribution in [2.75, 3.05) is 6.54 Å². The third-order valence-electron chi connectivity index (χ3n) is 5.70. The first-order valence-corrected chi connectivity index (χ1v) is 9.98. The summed E-state index contributed by atoms with van der Waals surface area (Å²) in [6.45, 7) is 2.48. The second-order valence-electron chi connectivity index (χ2n) is 7.55. The van der Waals surface area contributed by atoms with Crippen LogP contribution in [0.25, 0.3) is 21.8 Å². The smallest absolute Gasteiger partial charge is 0.291 e. The fraction of sp³-hybridized carbons (Fsp3) is 0.409. The average molecular weight is 378 g/mol. The SMILES string of the molecule is C[C@@H](C(=O)NCCC1=CCCCC1)n1c2ccccc2c2cnn(C)c(=O)c21. The van der Waals surface area contributed by atoms with E-state index in [9.17, 15) is 9.59 Å². The number of aryl methyl sites for hydroxylation is 1. The molecule has 3 aromatic rings. The van der Waals surface area contributed by atoms with Crippen LogP contribution in [0.4, 0.5) is 0 Å². The lowest BCUT2D eigenvalue weighted by atomic mass is 9.97. The Kier molecular flexibility index (Phi) is 5.03. The van der Waals surface area contributed by atoms with E-state index < -0.39 is 6.04 Å². The standard InChI is InChI=1S/C22H26N4O2/c1-15(21(27)23-13-12-16-8-4-3-5-9-16)26-19-11-7-6-10-17(19)18-14-24-25(2)22(28)20(18)26/h6-8,10-11,14-15H,3-5,9,12-13H2,1-2H3,(H,23,27)/t15-/m0/s1. The van der Waals surface area contributed by atoms with Crippen LogP contribution < -0.4 is 10.9 Å². The van der Waals surface area contributed by atoms with Gasteiger partial charge in [-0.2, -0.15) is 5.10 Å². The van der Waals surface area contributed by atoms with Gasteiger partial charge in [0.2, 0.25) is 5.91 Å². The van der Waals surface area contributed by atoms with Crippen molar-refractivity contribution in [2.24, 2.45) is 7.05 Å². The van der Waals surface area contributed by atoms with Gasteiger partial charge in [0.15, 0.2) is 0 Å². The van der Waals surface area contributed by atoms with Gasteiger partial charge in [0.25, 0.3) is 5.56 Å². The maximum absolute atomic E-state index is 12.9. The number of allylic oxidation sites excluding steroid dienone is 1. The molecule has 1 atom stereocenters. The highest BCUT2D eigenvalue weighted by molar-refractivity contribution is 6.08. The number of para-hydroxylation sites is 1. The van der Waals surface area contributed by atoms with Gasteiger partial charge in [-0.05, 0) is 45.1 Å². The van der Waals surface area contributed by atoms with E-state index >= 15 is 0 Å². The zero-order valence-corrected chi connectivity index (χ0v) is 16.4. The van der Waals surface area contributed by atoms with Crippen LogP contribution in [-0.4, -0.2) is 26.8 Å². The van der Waals surface area contributed by atoms with Crippen molar-refractivity contribution in [1.82, 2.24) is 19.7 Å². The first-order valence-electron chi connectivity index (χ1n) is 9.98. The normalized spacial score (nSPS) is 15.6. The molecule has 2 aromatic heterocycles. The van der Waals surface area contributed by atoms with Gasteiger partial charge < -0.3 is 9.88 Å². The second kappa shape index (κ2) is 7.62. The molecule has 0 bridgehead atoms. The minimum Gasteiger partial charge on any atom is -0.354 e. The van der Waals surface area contributed by atoms with E-state index in [1.54, 1.807) is 13.2 Å². The van der Waals surface area contributed by atoms with E-state index in [0.717, 1.165) is 35.6 Å². The fourth-order valence-corrected chi connectivity index (χ4v) is 4.13. The number of amides is 1. The molecule has 0 radical (unpaired) electrons. The summed E-state index contributed by atoms with van der Waals surface area (Å²) >= 11 is 0. The fourth-order valence-electron chi connectivity index (χ4n) is 4.13. The van der Waals surface area contributed by atoms with Crippen LogP contribution in [0, 0.1) is 0 Å². The highest BCUT2D eigenvalue weighted by atomic mass is 16.2. The van der Waals surface area contributed by atoms with Gasteiger partial charge in [-0.15, -0.1) is 0 Å². The van der Waals surface area contributed by atoms with Crippen LogP contribution in [0.15, 0.2) is 46.9 Å². The Morgan fingerprint density at radius 3 is 2.86 bits per heavy atom. The summed E-state index contributed by atoms with van der Waals surface area (Å²) < 4.78 is 3.17. The first kappa shape index (κ1) is 18.5. The number of hydrogen-bond donors (Lipinski definition) is 1. The van der Waals surface area contributed by atoms with E-state index in [1.165, 1.54) is 23.1 Å². The molecule has 1 aliphatic carbocycles. The number of hydrogen-bond acceptors (Lipinski definition) is 3. The number of fused-ring (bicyclic) bond motifs is 3. The molecule has 0 aliphatic heterocycles. The second-order valence-corrected chi connectivity index (χ2v) is 7.55. The summed E-state index contributed by atoms with van der Waals surface area (Å²) in [5, 5.41) is 8.94. The van der Waals surface area contributed by atoms with Gasteiger partial charge in [0.1, 0.15) is 11.6 Å². The van der Waals surface area contributed by atoms with Gasteiger partial charge in [-0.1, -0.05) is 29.8 Å². The third-order valence-corrected chi connectivity index (χ3v) is 5.70. The highest BCUT2D eigenvalue weighted by Crippen LogP contribution is 2.29. The number of nitrogens with one attached hydrogen (secondary N) is 1. The van der Waals surface area contributed by atoms with Gasteiger partial charge >= 0.3 is 0 Å². The molecule has 1 N–H and O–H groups in total. The molecule has 1 aromatic carbocycles. The van der Waals surface area contributed by atoms with Gasteiger partial charge in [0, 0.05) is 24.4 Å². The molecule has 1 aliphatic rings. The number of aromatic nitrogens is 3. The summed E-state index contributed by atoms with van der Waals surface area (Å²) in [5.41, 5.74) is 2.65. The molecule has 6 heteroatoms. The van der Waals surface area contributed by atoms with Crippen molar-refractivity contribution in [2.45, 2.75) is 45.1 Å². The molecule has 28 heavy (non-hydrogen) atoms. The Hall–Kier alpha value is -2.89. The van der Waals surface area contributed by atoms with E-state index in [1.807, 2.05) is 35.8 Å². The molecule has 2 heterocycles. The Balaban J connectivity index is 1.65. The topological polar surface area (TPSA) is 68.9 Å². The van der Waals surface area contributed by atoms with Crippen molar-refractivity contribution in [3.05, 3.63) is 52.5 Å². The Labute approximate surface area is 163 Å². The van der Waals surface area contributed by atoms with Crippen LogP contribution in [0.1, 0.15) is 45.1 Å². The lowest BCUT2D eigenvalue weighted by Crippen LogP contribution is -2.33. The summed E-state index contributed by atoms with van der Waals surface area (Å²) in [6, 6.07) is 7.29. The largest absolute Gasteiger partial charge is 0.354 e. The van der Waals surface area contributed by atoms with Crippen LogP contribution in [-0.2, 0) is 11.8 Å². The van der Waals surface area contributed by atoms with Gasteiger partial charge in [-0.3, -0.25) is 9.59 Å². The molecule has 1 amide bonds. The van der Waals surface area contributed by atoms with Crippen LogP contribution in [0.5, 0.6) is 0 Å². The Morgan fingerprint density at radius 2 is 2.07 bits per heavy atom. The number of nitrogens with zero attached hydrogens (tertiary/aromatic N) is 3. The van der Waals surface area contributed by atoms with E-state index in [-0.39, 0.29) is 11.5 Å². The lowest BCUT2D eigenvalue weighted by Gasteiger charge is -2.18. The predicted octanol–water partition coefficient (Wildman–Crippen LogP) is 3.46. The van der Waals surface area contributed by atoms with Crippen molar-refractivity contribution in [3.8, 4) is 0 Å². The molecule has 146 valence electrons. The predicted molar refractivity (Wildman–Crippen MR) is 111 cm³/mol. The molecule has 0 saturated carbocycles. The average Bonchev–Trinajstić information content (AvgIpc) is 3.06. The summed E-state index contributed by atoms with van der Waals surface area (Å²) in [6.07, 6.45) is 9.72. The van der Waals surface area contributed by atoms with Crippen molar-refractivity contribution >= 4 is 27.7 Å². The molecule has 0 spiro atoms. The van der Waals surface area contributed by atoms with Crippen molar-refractivity contribution in [1.29, 1.82) is 0 Å². The number of rotatable bonds is 5. The zero-order valence-electron chi connectivity index (χ0n) is 16.4. The van der Waals surface area contributed by atoms with Crippen LogP contribution in [0.3, 0.4) is 0 Å². The lowest BCUT2D eigenvalue weighted by molar-refractivity contribution is -0.123. The molecule has 0 saturated heterocycles. The van der Waals surface area contributed by atoms with Crippen molar-refractivity contribution in [3.63, 3.8) is 0 Å². The first-order chi connectivity index (χ1) is 13.6. The number of carbonyl (C=O) groups is 1. The Morgan fingerprint density at radius 1 is 1.25 bits per heavy atom. The monoisotopic (exact) mass is 378 g/mol. The molecule has 6 nitrogen and oxygen atoms in total. The summed E-state index contributed by atoms with van der Waals surface area (Å²) in [4.78, 5) is 25.7. The highest BCUT2D eigenvalue weighted by Gasteiger charge is 2.23. The third kappa shape index (κ3) is 3.23. The molecule has 4 rings (SSSR count). The van der Waals surface area contributed by atoms with E-state index in [2.05, 4.69) is 16.5 Å². The maximum atomic E-state index is 12.9. The summed E-state index contributed by atoms with van der Waals surface area (Å²) in [7, 11) is 1.63. The van der Waals surface area contributed by atoms with E-state index in [0.29, 0.717) is 12.1 Å². The Bertz CT molecular complexity index is 1120. The molecular weight excluding hydrogens is 352 g/mol. The molecule has 0 unspecified atom stereocenters. The molecular formula is C22H26N4O2. The number of benzene rings is 1.